The number of benzene rings is 1. The van der Waals surface area contributed by atoms with Gasteiger partial charge in [0.15, 0.2) is 0 Å². The molecule has 128 valence electrons. The van der Waals surface area contributed by atoms with Crippen LogP contribution in [0.1, 0.15) is 0 Å². The van der Waals surface area contributed by atoms with E-state index in [0.717, 1.165) is 50.9 Å². The second-order valence-corrected chi connectivity index (χ2v) is 6.33. The van der Waals surface area contributed by atoms with Gasteiger partial charge in [-0.05, 0) is 23.6 Å². The van der Waals surface area contributed by atoms with Gasteiger partial charge in [-0.1, -0.05) is 30.3 Å². The van der Waals surface area contributed by atoms with Gasteiger partial charge in [-0.2, -0.15) is 0 Å². The highest BCUT2D eigenvalue weighted by molar-refractivity contribution is 5.92. The Kier molecular flexibility index (Phi) is 4.74. The third-order valence-corrected chi connectivity index (χ3v) is 4.72. The second-order valence-electron chi connectivity index (χ2n) is 6.33. The van der Waals surface area contributed by atoms with Crippen molar-refractivity contribution in [3.8, 4) is 0 Å². The van der Waals surface area contributed by atoms with E-state index in [1.165, 1.54) is 10.8 Å². The Balaban J connectivity index is 1.32. The smallest absolute Gasteiger partial charge is 0.136 e. The first-order valence-electron chi connectivity index (χ1n) is 8.86. The molecule has 2 aromatic heterocycles. The molecule has 1 N–H and O–H groups in total. The Morgan fingerprint density at radius 2 is 1.68 bits per heavy atom. The summed E-state index contributed by atoms with van der Waals surface area (Å²) in [5, 5.41) is 5.88. The third kappa shape index (κ3) is 3.72. The molecule has 1 aliphatic rings. The molecule has 1 saturated heterocycles. The van der Waals surface area contributed by atoms with Crippen molar-refractivity contribution in [1.29, 1.82) is 0 Å². The standard InChI is InChI=1S/C20H23N5/c1-2-6-18-17(5-1)8-10-23-20(18)25-15-13-24(14-16-25)12-11-22-19-7-3-4-9-21-19/h1-10H,11-16H2,(H,21,22). The number of pyridine rings is 2. The van der Waals surface area contributed by atoms with Crippen LogP contribution in [0.4, 0.5) is 11.6 Å². The molecule has 0 aliphatic carbocycles. The number of fused-ring (bicyclic) bond motifs is 1. The monoisotopic (exact) mass is 333 g/mol. The zero-order valence-corrected chi connectivity index (χ0v) is 14.3. The van der Waals surface area contributed by atoms with Crippen molar-refractivity contribution >= 4 is 22.4 Å². The predicted octanol–water partition coefficient (Wildman–Crippen LogP) is 2.86. The van der Waals surface area contributed by atoms with Crippen LogP contribution in [0.25, 0.3) is 10.8 Å². The molecule has 0 unspecified atom stereocenters. The van der Waals surface area contributed by atoms with E-state index in [1.807, 2.05) is 30.6 Å². The van der Waals surface area contributed by atoms with E-state index in [9.17, 15) is 0 Å². The summed E-state index contributed by atoms with van der Waals surface area (Å²) in [6.45, 7) is 6.12. The zero-order chi connectivity index (χ0) is 16.9. The molecule has 0 bridgehead atoms. The van der Waals surface area contributed by atoms with Gasteiger partial charge in [0.2, 0.25) is 0 Å². The lowest BCUT2D eigenvalue weighted by atomic mass is 10.1. The molecule has 0 amide bonds. The van der Waals surface area contributed by atoms with E-state index in [1.54, 1.807) is 0 Å². The van der Waals surface area contributed by atoms with Gasteiger partial charge in [-0.3, -0.25) is 4.90 Å². The first-order valence-corrected chi connectivity index (χ1v) is 8.86. The van der Waals surface area contributed by atoms with Crippen LogP contribution < -0.4 is 10.2 Å². The summed E-state index contributed by atoms with van der Waals surface area (Å²) < 4.78 is 0. The second kappa shape index (κ2) is 7.49. The summed E-state index contributed by atoms with van der Waals surface area (Å²) in [5.41, 5.74) is 0. The fourth-order valence-electron chi connectivity index (χ4n) is 3.35. The van der Waals surface area contributed by atoms with Gasteiger partial charge >= 0.3 is 0 Å². The molecule has 3 heterocycles. The number of anilines is 2. The molecule has 3 aromatic rings. The average Bonchev–Trinajstić information content (AvgIpc) is 2.69. The van der Waals surface area contributed by atoms with Gasteiger partial charge in [-0.25, -0.2) is 9.97 Å². The molecule has 1 aromatic carbocycles. The summed E-state index contributed by atoms with van der Waals surface area (Å²) in [6.07, 6.45) is 3.74. The molecule has 1 fully saturated rings. The van der Waals surface area contributed by atoms with Crippen LogP contribution in [0.5, 0.6) is 0 Å². The van der Waals surface area contributed by atoms with Crippen LogP contribution in [-0.2, 0) is 0 Å². The van der Waals surface area contributed by atoms with Crippen LogP contribution >= 0.6 is 0 Å². The van der Waals surface area contributed by atoms with Crippen molar-refractivity contribution in [3.05, 3.63) is 60.9 Å². The van der Waals surface area contributed by atoms with Gasteiger partial charge in [0.25, 0.3) is 0 Å². The minimum atomic E-state index is 0.920. The van der Waals surface area contributed by atoms with Crippen molar-refractivity contribution in [2.24, 2.45) is 0 Å². The van der Waals surface area contributed by atoms with Crippen LogP contribution in [-0.4, -0.2) is 54.1 Å². The van der Waals surface area contributed by atoms with E-state index in [4.69, 9.17) is 0 Å². The Labute approximate surface area is 148 Å². The van der Waals surface area contributed by atoms with Gasteiger partial charge < -0.3 is 10.2 Å². The maximum absolute atomic E-state index is 4.64. The van der Waals surface area contributed by atoms with Crippen LogP contribution in [0, 0.1) is 0 Å². The lowest BCUT2D eigenvalue weighted by Crippen LogP contribution is -2.48. The van der Waals surface area contributed by atoms with E-state index in [2.05, 4.69) is 55.4 Å². The largest absolute Gasteiger partial charge is 0.369 e. The average molecular weight is 333 g/mol. The maximum Gasteiger partial charge on any atom is 0.136 e. The number of aromatic nitrogens is 2. The van der Waals surface area contributed by atoms with Crippen molar-refractivity contribution in [2.45, 2.75) is 0 Å². The molecule has 1 aliphatic heterocycles. The number of piperazine rings is 1. The number of nitrogens with zero attached hydrogens (tertiary/aromatic N) is 4. The minimum absolute atomic E-state index is 0.920. The van der Waals surface area contributed by atoms with Crippen molar-refractivity contribution in [1.82, 2.24) is 14.9 Å². The van der Waals surface area contributed by atoms with Gasteiger partial charge in [0.05, 0.1) is 0 Å². The van der Waals surface area contributed by atoms with Crippen LogP contribution in [0.3, 0.4) is 0 Å². The summed E-state index contributed by atoms with van der Waals surface area (Å²) in [7, 11) is 0. The highest BCUT2D eigenvalue weighted by Crippen LogP contribution is 2.24. The summed E-state index contributed by atoms with van der Waals surface area (Å²) in [5.74, 6) is 2.06. The van der Waals surface area contributed by atoms with Gasteiger partial charge in [0, 0.05) is 57.0 Å². The number of rotatable bonds is 5. The van der Waals surface area contributed by atoms with E-state index < -0.39 is 0 Å². The molecule has 0 saturated carbocycles. The summed E-state index contributed by atoms with van der Waals surface area (Å²) in [6, 6.07) is 16.5. The molecule has 0 radical (unpaired) electrons. The lowest BCUT2D eigenvalue weighted by Gasteiger charge is -2.35. The Morgan fingerprint density at radius 3 is 2.52 bits per heavy atom. The van der Waals surface area contributed by atoms with Crippen molar-refractivity contribution in [3.63, 3.8) is 0 Å². The van der Waals surface area contributed by atoms with Crippen LogP contribution in [0.2, 0.25) is 0 Å². The minimum Gasteiger partial charge on any atom is -0.369 e. The molecular formula is C20H23N5. The Hall–Kier alpha value is -2.66. The van der Waals surface area contributed by atoms with Crippen molar-refractivity contribution in [2.75, 3.05) is 49.5 Å². The van der Waals surface area contributed by atoms with Crippen molar-refractivity contribution < 1.29 is 0 Å². The summed E-state index contributed by atoms with van der Waals surface area (Å²) in [4.78, 5) is 13.8. The molecule has 5 nitrogen and oxygen atoms in total. The molecular weight excluding hydrogens is 310 g/mol. The maximum atomic E-state index is 4.64. The third-order valence-electron chi connectivity index (χ3n) is 4.72. The number of hydrogen-bond acceptors (Lipinski definition) is 5. The summed E-state index contributed by atoms with van der Waals surface area (Å²) >= 11 is 0. The first kappa shape index (κ1) is 15.8. The van der Waals surface area contributed by atoms with E-state index in [-0.39, 0.29) is 0 Å². The molecule has 25 heavy (non-hydrogen) atoms. The van der Waals surface area contributed by atoms with E-state index in [0.29, 0.717) is 0 Å². The fraction of sp³-hybridized carbons (Fsp3) is 0.300. The van der Waals surface area contributed by atoms with Crippen LogP contribution in [0.15, 0.2) is 60.9 Å². The highest BCUT2D eigenvalue weighted by atomic mass is 15.3. The molecule has 0 spiro atoms. The van der Waals surface area contributed by atoms with Gasteiger partial charge in [-0.15, -0.1) is 0 Å². The first-order chi connectivity index (χ1) is 12.4. The topological polar surface area (TPSA) is 44.3 Å². The Bertz CT molecular complexity index is 807. The molecule has 4 rings (SSSR count). The fourth-order valence-corrected chi connectivity index (χ4v) is 3.35. The quantitative estimate of drug-likeness (QED) is 0.778. The molecule has 5 heteroatoms. The number of hydrogen-bond donors (Lipinski definition) is 1. The predicted molar refractivity (Wildman–Crippen MR) is 103 cm³/mol. The normalized spacial score (nSPS) is 15.4. The number of nitrogens with one attached hydrogen (secondary N) is 1. The Morgan fingerprint density at radius 1 is 0.840 bits per heavy atom. The SMILES string of the molecule is c1ccc(NCCN2CCN(c3nccc4ccccc34)CC2)nc1. The molecule has 0 atom stereocenters. The lowest BCUT2D eigenvalue weighted by molar-refractivity contribution is 0.267. The van der Waals surface area contributed by atoms with Gasteiger partial charge in [0.1, 0.15) is 11.6 Å². The highest BCUT2D eigenvalue weighted by Gasteiger charge is 2.19. The van der Waals surface area contributed by atoms with E-state index >= 15 is 0 Å². The zero-order valence-electron chi connectivity index (χ0n) is 14.3.